The summed E-state index contributed by atoms with van der Waals surface area (Å²) < 4.78 is 23.0. The Morgan fingerprint density at radius 3 is 2.90 bits per heavy atom. The van der Waals surface area contributed by atoms with E-state index >= 15 is 0 Å². The highest BCUT2D eigenvalue weighted by Gasteiger charge is 2.27. The molecule has 0 amide bonds. The number of anilines is 2. The lowest BCUT2D eigenvalue weighted by molar-refractivity contribution is 0.596. The molecule has 0 bridgehead atoms. The summed E-state index contributed by atoms with van der Waals surface area (Å²) in [5.41, 5.74) is 9.33. The van der Waals surface area contributed by atoms with Gasteiger partial charge < -0.3 is 11.1 Å². The first-order valence-electron chi connectivity index (χ1n) is 7.04. The van der Waals surface area contributed by atoms with E-state index in [1.54, 1.807) is 0 Å². The maximum Gasteiger partial charge on any atom is 0.150 e. The Balaban J connectivity index is 1.85. The summed E-state index contributed by atoms with van der Waals surface area (Å²) in [6, 6.07) is 7.62. The highest BCUT2D eigenvalue weighted by molar-refractivity contribution is 7.91. The highest BCUT2D eigenvalue weighted by Crippen LogP contribution is 2.26. The molecule has 1 atom stereocenters. The lowest BCUT2D eigenvalue weighted by Gasteiger charge is -2.14. The van der Waals surface area contributed by atoms with Crippen molar-refractivity contribution in [2.45, 2.75) is 13.3 Å². The fraction of sp³-hybridized carbons (Fsp3) is 0.400. The number of benzene rings is 1. The van der Waals surface area contributed by atoms with Crippen LogP contribution in [0.4, 0.5) is 11.4 Å². The Bertz CT molecular complexity index is 787. The largest absolute Gasteiger partial charge is 0.399 e. The normalized spacial score (nSPS) is 20.7. The van der Waals surface area contributed by atoms with Crippen LogP contribution in [0.15, 0.2) is 24.3 Å². The molecule has 1 aliphatic rings. The molecule has 112 valence electrons. The molecule has 2 heterocycles. The number of nitrogen functional groups attached to an aromatic ring is 1. The standard InChI is InChI=1S/C15H19N3O2S/c1-10-6-15(13-7-12(16)2-3-14(13)18-10)17-8-11-4-5-21(19,20)9-11/h2-3,6-7,11H,4-5,8-9,16H2,1H3,(H,17,18). The molecule has 0 radical (unpaired) electrons. The van der Waals surface area contributed by atoms with E-state index in [0.29, 0.717) is 18.0 Å². The van der Waals surface area contributed by atoms with Gasteiger partial charge in [-0.15, -0.1) is 0 Å². The number of hydrogen-bond acceptors (Lipinski definition) is 5. The molecule has 1 fully saturated rings. The van der Waals surface area contributed by atoms with Crippen molar-refractivity contribution < 1.29 is 8.42 Å². The number of nitrogens with two attached hydrogens (primary N) is 1. The van der Waals surface area contributed by atoms with Gasteiger partial charge in [-0.25, -0.2) is 8.42 Å². The Morgan fingerprint density at radius 2 is 2.19 bits per heavy atom. The zero-order chi connectivity index (χ0) is 15.0. The lowest BCUT2D eigenvalue weighted by atomic mass is 10.1. The van der Waals surface area contributed by atoms with E-state index < -0.39 is 9.84 Å². The Morgan fingerprint density at radius 1 is 1.38 bits per heavy atom. The smallest absolute Gasteiger partial charge is 0.150 e. The van der Waals surface area contributed by atoms with E-state index in [0.717, 1.165) is 28.7 Å². The van der Waals surface area contributed by atoms with Crippen molar-refractivity contribution in [2.24, 2.45) is 5.92 Å². The predicted molar refractivity (Wildman–Crippen MR) is 86.1 cm³/mol. The topological polar surface area (TPSA) is 85.1 Å². The van der Waals surface area contributed by atoms with E-state index in [-0.39, 0.29) is 11.7 Å². The number of fused-ring (bicyclic) bond motifs is 1. The Labute approximate surface area is 124 Å². The third-order valence-corrected chi connectivity index (χ3v) is 5.71. The molecule has 1 saturated heterocycles. The van der Waals surface area contributed by atoms with Gasteiger partial charge in [0.2, 0.25) is 0 Å². The number of aromatic nitrogens is 1. The zero-order valence-corrected chi connectivity index (χ0v) is 12.8. The van der Waals surface area contributed by atoms with Crippen LogP contribution in [0.2, 0.25) is 0 Å². The average molecular weight is 305 g/mol. The second-order valence-corrected chi connectivity index (χ2v) is 7.97. The van der Waals surface area contributed by atoms with Crippen LogP contribution in [0.1, 0.15) is 12.1 Å². The van der Waals surface area contributed by atoms with E-state index in [1.165, 1.54) is 0 Å². The van der Waals surface area contributed by atoms with Crippen molar-refractivity contribution in [3.05, 3.63) is 30.0 Å². The molecule has 1 unspecified atom stereocenters. The summed E-state index contributed by atoms with van der Waals surface area (Å²) in [5, 5.41) is 4.35. The number of aryl methyl sites for hydroxylation is 1. The summed E-state index contributed by atoms with van der Waals surface area (Å²) in [4.78, 5) is 4.49. The molecule has 5 nitrogen and oxygen atoms in total. The first-order chi connectivity index (χ1) is 9.93. The predicted octanol–water partition coefficient (Wildman–Crippen LogP) is 1.97. The quantitative estimate of drug-likeness (QED) is 0.847. The third-order valence-electron chi connectivity index (χ3n) is 3.87. The molecule has 1 aromatic heterocycles. The Kier molecular flexibility index (Phi) is 3.49. The van der Waals surface area contributed by atoms with Crippen molar-refractivity contribution in [2.75, 3.05) is 29.1 Å². The highest BCUT2D eigenvalue weighted by atomic mass is 32.2. The molecule has 3 N–H and O–H groups in total. The van der Waals surface area contributed by atoms with Gasteiger partial charge in [-0.05, 0) is 43.5 Å². The van der Waals surface area contributed by atoms with Crippen molar-refractivity contribution in [1.29, 1.82) is 0 Å². The van der Waals surface area contributed by atoms with Crippen LogP contribution in [0.25, 0.3) is 10.9 Å². The Hall–Kier alpha value is -1.82. The van der Waals surface area contributed by atoms with E-state index in [4.69, 9.17) is 5.73 Å². The molecule has 1 aliphatic heterocycles. The van der Waals surface area contributed by atoms with Crippen molar-refractivity contribution >= 4 is 32.1 Å². The zero-order valence-electron chi connectivity index (χ0n) is 12.0. The molecule has 6 heteroatoms. The SMILES string of the molecule is Cc1cc(NCC2CCS(=O)(=O)C2)c2cc(N)ccc2n1. The number of sulfone groups is 1. The van der Waals surface area contributed by atoms with Crippen LogP contribution in [0.3, 0.4) is 0 Å². The van der Waals surface area contributed by atoms with Gasteiger partial charge in [-0.1, -0.05) is 0 Å². The van der Waals surface area contributed by atoms with Crippen molar-refractivity contribution in [3.8, 4) is 0 Å². The maximum atomic E-state index is 11.5. The number of nitrogens with one attached hydrogen (secondary N) is 1. The monoisotopic (exact) mass is 305 g/mol. The minimum Gasteiger partial charge on any atom is -0.399 e. The van der Waals surface area contributed by atoms with Crippen molar-refractivity contribution in [1.82, 2.24) is 4.98 Å². The first-order valence-corrected chi connectivity index (χ1v) is 8.86. The van der Waals surface area contributed by atoms with Crippen LogP contribution in [0.5, 0.6) is 0 Å². The summed E-state index contributed by atoms with van der Waals surface area (Å²) in [6.45, 7) is 2.60. The minimum absolute atomic E-state index is 0.180. The number of rotatable bonds is 3. The van der Waals surface area contributed by atoms with E-state index in [2.05, 4.69) is 10.3 Å². The van der Waals surface area contributed by atoms with Gasteiger partial charge in [0.15, 0.2) is 9.84 Å². The van der Waals surface area contributed by atoms with Gasteiger partial charge in [-0.3, -0.25) is 4.98 Å². The maximum absolute atomic E-state index is 11.5. The van der Waals surface area contributed by atoms with Crippen LogP contribution >= 0.6 is 0 Å². The summed E-state index contributed by atoms with van der Waals surface area (Å²) in [6.07, 6.45) is 0.736. The molecular formula is C15H19N3O2S. The van der Waals surface area contributed by atoms with Crippen LogP contribution in [-0.4, -0.2) is 31.5 Å². The van der Waals surface area contributed by atoms with Crippen LogP contribution in [-0.2, 0) is 9.84 Å². The molecule has 1 aromatic carbocycles. The summed E-state index contributed by atoms with van der Waals surface area (Å²) in [7, 11) is -2.83. The molecule has 0 aliphatic carbocycles. The second-order valence-electron chi connectivity index (χ2n) is 5.74. The van der Waals surface area contributed by atoms with Gasteiger partial charge >= 0.3 is 0 Å². The van der Waals surface area contributed by atoms with Gasteiger partial charge in [-0.2, -0.15) is 0 Å². The van der Waals surface area contributed by atoms with Crippen molar-refractivity contribution in [3.63, 3.8) is 0 Å². The van der Waals surface area contributed by atoms with E-state index in [1.807, 2.05) is 31.2 Å². The average Bonchev–Trinajstić information content (AvgIpc) is 2.76. The number of nitrogens with zero attached hydrogens (tertiary/aromatic N) is 1. The van der Waals surface area contributed by atoms with Gasteiger partial charge in [0.1, 0.15) is 0 Å². The first kappa shape index (κ1) is 14.1. The van der Waals surface area contributed by atoms with E-state index in [9.17, 15) is 8.42 Å². The molecular weight excluding hydrogens is 286 g/mol. The molecule has 3 rings (SSSR count). The van der Waals surface area contributed by atoms with Crippen LogP contribution in [0, 0.1) is 12.8 Å². The van der Waals surface area contributed by atoms with Gasteiger partial charge in [0.25, 0.3) is 0 Å². The van der Waals surface area contributed by atoms with Gasteiger partial charge in [0, 0.05) is 29.0 Å². The second kappa shape index (κ2) is 5.18. The molecule has 21 heavy (non-hydrogen) atoms. The molecule has 2 aromatic rings. The third kappa shape index (κ3) is 3.10. The summed E-state index contributed by atoms with van der Waals surface area (Å²) in [5.74, 6) is 0.770. The molecule has 0 spiro atoms. The minimum atomic E-state index is -2.83. The van der Waals surface area contributed by atoms with Gasteiger partial charge in [0.05, 0.1) is 17.0 Å². The lowest BCUT2D eigenvalue weighted by Crippen LogP contribution is -2.16. The summed E-state index contributed by atoms with van der Waals surface area (Å²) >= 11 is 0. The number of hydrogen-bond donors (Lipinski definition) is 2. The van der Waals surface area contributed by atoms with Crippen LogP contribution < -0.4 is 11.1 Å². The number of pyridine rings is 1. The fourth-order valence-electron chi connectivity index (χ4n) is 2.81. The molecule has 0 saturated carbocycles. The fourth-order valence-corrected chi connectivity index (χ4v) is 4.67.